The van der Waals surface area contributed by atoms with Gasteiger partial charge < -0.3 is 15.2 Å². The Morgan fingerprint density at radius 3 is 3.06 bits per heavy atom. The summed E-state index contributed by atoms with van der Waals surface area (Å²) in [5, 5.41) is 16.0. The van der Waals surface area contributed by atoms with E-state index in [0.717, 1.165) is 0 Å². The van der Waals surface area contributed by atoms with Crippen LogP contribution >= 0.6 is 11.6 Å². The van der Waals surface area contributed by atoms with Crippen molar-refractivity contribution in [2.24, 2.45) is 0 Å². The lowest BCUT2D eigenvalue weighted by Gasteiger charge is -2.17. The van der Waals surface area contributed by atoms with Crippen LogP contribution in [-0.2, 0) is 11.3 Å². The van der Waals surface area contributed by atoms with Crippen LogP contribution in [0.2, 0.25) is 5.02 Å². The zero-order chi connectivity index (χ0) is 13.5. The first-order valence-electron chi connectivity index (χ1n) is 5.36. The predicted octanol–water partition coefficient (Wildman–Crippen LogP) is 0.502. The molecular weight excluding hydrogens is 258 g/mol. The Labute approximate surface area is 110 Å². The van der Waals surface area contributed by atoms with Crippen molar-refractivity contribution >= 4 is 17.3 Å². The van der Waals surface area contributed by atoms with Gasteiger partial charge in [-0.15, -0.1) is 6.58 Å². The fraction of sp³-hybridized carbons (Fsp3) is 0.455. The van der Waals surface area contributed by atoms with Crippen molar-refractivity contribution in [1.82, 2.24) is 9.78 Å². The average molecular weight is 274 g/mol. The number of aromatic nitrogens is 2. The van der Waals surface area contributed by atoms with Gasteiger partial charge in [0, 0.05) is 7.11 Å². The summed E-state index contributed by atoms with van der Waals surface area (Å²) < 4.78 is 6.12. The molecule has 0 saturated carbocycles. The number of nitrogens with zero attached hydrogens (tertiary/aromatic N) is 2. The molecule has 0 aliphatic rings. The molecule has 1 atom stereocenters. The van der Waals surface area contributed by atoms with Gasteiger partial charge in [-0.3, -0.25) is 4.79 Å². The highest BCUT2D eigenvalue weighted by molar-refractivity contribution is 6.32. The minimum atomic E-state index is -0.407. The quantitative estimate of drug-likeness (QED) is 0.708. The smallest absolute Gasteiger partial charge is 0.287 e. The number of aliphatic hydroxyl groups excluding tert-OH is 1. The zero-order valence-electron chi connectivity index (χ0n) is 10.1. The number of methoxy groups -OCH3 is 1. The van der Waals surface area contributed by atoms with Crippen molar-refractivity contribution in [3.8, 4) is 0 Å². The van der Waals surface area contributed by atoms with Crippen LogP contribution in [-0.4, -0.2) is 41.3 Å². The van der Waals surface area contributed by atoms with Crippen molar-refractivity contribution in [3.05, 3.63) is 34.2 Å². The van der Waals surface area contributed by atoms with E-state index in [9.17, 15) is 4.79 Å². The molecular formula is C11H16ClN3O3. The molecule has 1 unspecified atom stereocenters. The molecule has 1 aromatic heterocycles. The molecule has 0 aromatic carbocycles. The van der Waals surface area contributed by atoms with Crippen LogP contribution in [0.3, 0.4) is 0 Å². The maximum absolute atomic E-state index is 11.8. The van der Waals surface area contributed by atoms with Gasteiger partial charge in [0.25, 0.3) is 5.56 Å². The van der Waals surface area contributed by atoms with Crippen molar-refractivity contribution in [2.45, 2.75) is 12.6 Å². The topological polar surface area (TPSA) is 76.4 Å². The number of halogens is 1. The molecule has 0 bridgehead atoms. The summed E-state index contributed by atoms with van der Waals surface area (Å²) in [7, 11) is 1.52. The molecule has 1 aromatic rings. The lowest BCUT2D eigenvalue weighted by atomic mass is 10.3. The molecule has 0 amide bonds. The summed E-state index contributed by atoms with van der Waals surface area (Å²) in [4.78, 5) is 11.8. The van der Waals surface area contributed by atoms with Crippen LogP contribution < -0.4 is 10.9 Å². The van der Waals surface area contributed by atoms with Crippen molar-refractivity contribution < 1.29 is 9.84 Å². The maximum Gasteiger partial charge on any atom is 0.287 e. The van der Waals surface area contributed by atoms with Crippen molar-refractivity contribution in [2.75, 3.05) is 25.6 Å². The van der Waals surface area contributed by atoms with E-state index in [1.807, 2.05) is 0 Å². The van der Waals surface area contributed by atoms with Crippen LogP contribution in [0.5, 0.6) is 0 Å². The number of allylic oxidation sites excluding steroid dienone is 1. The second-order valence-corrected chi connectivity index (χ2v) is 4.01. The molecule has 7 heteroatoms. The molecule has 0 fully saturated rings. The number of nitrogens with one attached hydrogen (secondary N) is 1. The molecule has 2 N–H and O–H groups in total. The number of anilines is 1. The Kier molecular flexibility index (Phi) is 5.84. The van der Waals surface area contributed by atoms with Gasteiger partial charge in [-0.05, 0) is 0 Å². The summed E-state index contributed by atoms with van der Waals surface area (Å²) in [6.07, 6.45) is 2.99. The lowest BCUT2D eigenvalue weighted by molar-refractivity contribution is 0.153. The van der Waals surface area contributed by atoms with Gasteiger partial charge in [0.15, 0.2) is 0 Å². The number of hydrogen-bond donors (Lipinski definition) is 2. The molecule has 0 aliphatic carbocycles. The average Bonchev–Trinajstić information content (AvgIpc) is 2.37. The molecule has 6 nitrogen and oxygen atoms in total. The van der Waals surface area contributed by atoms with E-state index in [1.165, 1.54) is 18.0 Å². The first-order chi connectivity index (χ1) is 8.63. The molecule has 0 aliphatic heterocycles. The third-order valence-corrected chi connectivity index (χ3v) is 2.60. The number of ether oxygens (including phenoxy) is 1. The van der Waals surface area contributed by atoms with Gasteiger partial charge in [0.1, 0.15) is 5.02 Å². The standard InChI is InChI=1S/C11H16ClN3O3/c1-3-4-15-11(17)10(12)9(5-13-15)14-8(6-16)7-18-2/h3,5,8,14,16H,1,4,6-7H2,2H3. The Hall–Kier alpha value is -1.37. The Morgan fingerprint density at radius 1 is 1.78 bits per heavy atom. The summed E-state index contributed by atoms with van der Waals surface area (Å²) >= 11 is 5.94. The van der Waals surface area contributed by atoms with Crippen LogP contribution in [0.15, 0.2) is 23.6 Å². The van der Waals surface area contributed by atoms with E-state index in [1.54, 1.807) is 6.08 Å². The lowest BCUT2D eigenvalue weighted by Crippen LogP contribution is -2.31. The van der Waals surface area contributed by atoms with Crippen LogP contribution in [0.1, 0.15) is 0 Å². The number of aliphatic hydroxyl groups is 1. The van der Waals surface area contributed by atoms with E-state index < -0.39 is 5.56 Å². The highest BCUT2D eigenvalue weighted by Gasteiger charge is 2.13. The minimum absolute atomic E-state index is 0.0291. The van der Waals surface area contributed by atoms with Gasteiger partial charge in [0.05, 0.1) is 37.7 Å². The Bertz CT molecular complexity index is 461. The first kappa shape index (κ1) is 14.7. The second kappa shape index (κ2) is 7.15. The summed E-state index contributed by atoms with van der Waals surface area (Å²) in [6, 6.07) is -0.344. The highest BCUT2D eigenvalue weighted by Crippen LogP contribution is 2.16. The van der Waals surface area contributed by atoms with Crippen LogP contribution in [0, 0.1) is 0 Å². The Balaban J connectivity index is 2.94. The molecule has 0 spiro atoms. The monoisotopic (exact) mass is 273 g/mol. The minimum Gasteiger partial charge on any atom is -0.394 e. The van der Waals surface area contributed by atoms with Crippen LogP contribution in [0.4, 0.5) is 5.69 Å². The molecule has 0 saturated heterocycles. The number of rotatable bonds is 7. The second-order valence-electron chi connectivity index (χ2n) is 3.63. The summed E-state index contributed by atoms with van der Waals surface area (Å²) in [5.41, 5.74) is -0.0336. The van der Waals surface area contributed by atoms with Crippen LogP contribution in [0.25, 0.3) is 0 Å². The van der Waals surface area contributed by atoms with Crippen molar-refractivity contribution in [1.29, 1.82) is 0 Å². The highest BCUT2D eigenvalue weighted by atomic mass is 35.5. The molecule has 18 heavy (non-hydrogen) atoms. The van der Waals surface area contributed by atoms with E-state index in [-0.39, 0.29) is 17.7 Å². The zero-order valence-corrected chi connectivity index (χ0v) is 10.9. The van der Waals surface area contributed by atoms with E-state index in [4.69, 9.17) is 21.4 Å². The summed E-state index contributed by atoms with van der Waals surface area (Å²) in [5.74, 6) is 0. The predicted molar refractivity (Wildman–Crippen MR) is 70.1 cm³/mol. The SMILES string of the molecule is C=CCn1ncc(NC(CO)COC)c(Cl)c1=O. The summed E-state index contributed by atoms with van der Waals surface area (Å²) in [6.45, 7) is 3.97. The van der Waals surface area contributed by atoms with E-state index in [2.05, 4.69) is 17.0 Å². The van der Waals surface area contributed by atoms with E-state index >= 15 is 0 Å². The first-order valence-corrected chi connectivity index (χ1v) is 5.74. The van der Waals surface area contributed by atoms with Gasteiger partial charge >= 0.3 is 0 Å². The fourth-order valence-electron chi connectivity index (χ4n) is 1.38. The third-order valence-electron chi connectivity index (χ3n) is 2.23. The van der Waals surface area contributed by atoms with Gasteiger partial charge in [-0.2, -0.15) is 5.10 Å². The molecule has 1 heterocycles. The molecule has 100 valence electrons. The van der Waals surface area contributed by atoms with Gasteiger partial charge in [-0.25, -0.2) is 4.68 Å². The normalized spacial score (nSPS) is 12.2. The molecule has 1 rings (SSSR count). The Morgan fingerprint density at radius 2 is 2.50 bits per heavy atom. The van der Waals surface area contributed by atoms with Gasteiger partial charge in [-0.1, -0.05) is 17.7 Å². The maximum atomic E-state index is 11.8. The fourth-order valence-corrected chi connectivity index (χ4v) is 1.58. The molecule has 0 radical (unpaired) electrons. The van der Waals surface area contributed by atoms with Gasteiger partial charge in [0.2, 0.25) is 0 Å². The van der Waals surface area contributed by atoms with Crippen molar-refractivity contribution in [3.63, 3.8) is 0 Å². The largest absolute Gasteiger partial charge is 0.394 e. The van der Waals surface area contributed by atoms with E-state index in [0.29, 0.717) is 18.8 Å². The number of hydrogen-bond acceptors (Lipinski definition) is 5. The third kappa shape index (κ3) is 3.56.